The van der Waals surface area contributed by atoms with Gasteiger partial charge in [-0.15, -0.1) is 10.2 Å². The number of amides is 1. The zero-order valence-electron chi connectivity index (χ0n) is 18.4. The highest BCUT2D eigenvalue weighted by Crippen LogP contribution is 2.23. The summed E-state index contributed by atoms with van der Waals surface area (Å²) < 4.78 is 31.9. The molecule has 0 radical (unpaired) electrons. The van der Waals surface area contributed by atoms with Crippen molar-refractivity contribution in [2.45, 2.75) is 25.9 Å². The van der Waals surface area contributed by atoms with E-state index in [2.05, 4.69) is 34.3 Å². The zero-order chi connectivity index (χ0) is 23.1. The Morgan fingerprint density at radius 1 is 1.12 bits per heavy atom. The molecule has 0 bridgehead atoms. The van der Waals surface area contributed by atoms with Crippen LogP contribution in [0.2, 0.25) is 0 Å². The Labute approximate surface area is 188 Å². The van der Waals surface area contributed by atoms with Gasteiger partial charge in [0.2, 0.25) is 9.84 Å². The largest absolute Gasteiger partial charge is 0.448 e. The second-order valence-electron chi connectivity index (χ2n) is 7.07. The average molecular weight is 458 g/mol. The van der Waals surface area contributed by atoms with Crippen LogP contribution in [-0.2, 0) is 14.6 Å². The van der Waals surface area contributed by atoms with Crippen LogP contribution in [0, 0.1) is 6.92 Å². The van der Waals surface area contributed by atoms with E-state index in [1.54, 1.807) is 24.3 Å². The maximum atomic E-state index is 12.7. The first-order valence-corrected chi connectivity index (χ1v) is 12.0. The summed E-state index contributed by atoms with van der Waals surface area (Å²) in [6.45, 7) is 7.52. The highest BCUT2D eigenvalue weighted by atomic mass is 32.2. The van der Waals surface area contributed by atoms with Crippen molar-refractivity contribution in [3.63, 3.8) is 0 Å². The Hall–Kier alpha value is -3.40. The molecular formula is C22H27N5O4S. The smallest absolute Gasteiger partial charge is 0.411 e. The monoisotopic (exact) mass is 457 g/mol. The van der Waals surface area contributed by atoms with Crippen LogP contribution in [0.4, 0.5) is 16.2 Å². The molecule has 1 aromatic heterocycles. The number of para-hydroxylation sites is 1. The first-order valence-electron chi connectivity index (χ1n) is 10.3. The van der Waals surface area contributed by atoms with E-state index in [0.717, 1.165) is 24.3 Å². The van der Waals surface area contributed by atoms with Gasteiger partial charge in [0.15, 0.2) is 0 Å². The van der Waals surface area contributed by atoms with Crippen molar-refractivity contribution in [3.8, 4) is 5.69 Å². The van der Waals surface area contributed by atoms with Crippen molar-refractivity contribution in [3.05, 3.63) is 60.4 Å². The van der Waals surface area contributed by atoms with Gasteiger partial charge in [0, 0.05) is 30.2 Å². The molecule has 32 heavy (non-hydrogen) atoms. The van der Waals surface area contributed by atoms with Gasteiger partial charge in [-0.1, -0.05) is 18.2 Å². The molecule has 0 atom stereocenters. The Balaban J connectivity index is 1.59. The fourth-order valence-corrected chi connectivity index (χ4v) is 4.37. The molecule has 0 spiro atoms. The number of rotatable bonds is 9. The molecule has 0 unspecified atom stereocenters. The van der Waals surface area contributed by atoms with Crippen molar-refractivity contribution < 1.29 is 17.9 Å². The van der Waals surface area contributed by atoms with E-state index < -0.39 is 21.7 Å². The maximum absolute atomic E-state index is 12.7. The summed E-state index contributed by atoms with van der Waals surface area (Å²) in [6.07, 6.45) is 0.615. The topological polar surface area (TPSA) is 106 Å². The van der Waals surface area contributed by atoms with Gasteiger partial charge in [0.1, 0.15) is 12.9 Å². The average Bonchev–Trinajstić information content (AvgIpc) is 3.28. The summed E-state index contributed by atoms with van der Waals surface area (Å²) in [5.74, 6) is -0.411. The normalized spacial score (nSPS) is 11.2. The van der Waals surface area contributed by atoms with Gasteiger partial charge in [0.25, 0.3) is 5.16 Å². The van der Waals surface area contributed by atoms with E-state index in [0.29, 0.717) is 11.4 Å². The minimum absolute atomic E-state index is 0.199. The number of hydrogen-bond donors (Lipinski definition) is 1. The fraction of sp³-hybridized carbons (Fsp3) is 0.318. The minimum Gasteiger partial charge on any atom is -0.448 e. The standard InChI is InChI=1S/C22H27N5O4S/c1-4-26(5-2)19-11-12-20(17(3)15-19)24-22(28)31-13-14-32(29,30)21-25-23-16-27(21)18-9-7-6-8-10-18/h6-12,15-16H,4-5,13-14H2,1-3H3,(H,24,28). The highest BCUT2D eigenvalue weighted by Gasteiger charge is 2.23. The first kappa shape index (κ1) is 23.3. The number of aromatic nitrogens is 3. The second-order valence-corrected chi connectivity index (χ2v) is 9.07. The van der Waals surface area contributed by atoms with Crippen LogP contribution in [0.3, 0.4) is 0 Å². The van der Waals surface area contributed by atoms with E-state index in [-0.39, 0.29) is 11.8 Å². The fourth-order valence-electron chi connectivity index (χ4n) is 3.26. The van der Waals surface area contributed by atoms with Crippen molar-refractivity contribution in [1.82, 2.24) is 14.8 Å². The number of carbonyl (C=O) groups excluding carboxylic acids is 1. The Bertz CT molecular complexity index is 1160. The number of hydrogen-bond acceptors (Lipinski definition) is 7. The van der Waals surface area contributed by atoms with Crippen LogP contribution in [-0.4, -0.2) is 54.7 Å². The molecular weight excluding hydrogens is 430 g/mol. The first-order chi connectivity index (χ1) is 15.4. The summed E-state index contributed by atoms with van der Waals surface area (Å²) in [5, 5.41) is 9.92. The third kappa shape index (κ3) is 5.44. The molecule has 3 rings (SSSR count). The highest BCUT2D eigenvalue weighted by molar-refractivity contribution is 7.91. The van der Waals surface area contributed by atoms with Crippen molar-refractivity contribution in [2.24, 2.45) is 0 Å². The number of anilines is 2. The minimum atomic E-state index is -3.81. The van der Waals surface area contributed by atoms with Crippen LogP contribution >= 0.6 is 0 Å². The predicted molar refractivity (Wildman–Crippen MR) is 123 cm³/mol. The molecule has 170 valence electrons. The van der Waals surface area contributed by atoms with Gasteiger partial charge in [-0.2, -0.15) is 0 Å². The van der Waals surface area contributed by atoms with Crippen molar-refractivity contribution >= 4 is 27.3 Å². The Kier molecular flexibility index (Phi) is 7.47. The third-order valence-corrected chi connectivity index (χ3v) is 6.53. The van der Waals surface area contributed by atoms with E-state index in [4.69, 9.17) is 4.74 Å². The van der Waals surface area contributed by atoms with Gasteiger partial charge in [0.05, 0.1) is 5.75 Å². The summed E-state index contributed by atoms with van der Waals surface area (Å²) in [4.78, 5) is 14.4. The number of sulfone groups is 1. The molecule has 1 amide bonds. The molecule has 0 fully saturated rings. The van der Waals surface area contributed by atoms with Gasteiger partial charge in [-0.05, 0) is 56.7 Å². The molecule has 2 aromatic carbocycles. The Morgan fingerprint density at radius 2 is 1.84 bits per heavy atom. The molecule has 0 aliphatic rings. The summed E-state index contributed by atoms with van der Waals surface area (Å²) in [7, 11) is -3.81. The van der Waals surface area contributed by atoms with Crippen molar-refractivity contribution in [1.29, 1.82) is 0 Å². The van der Waals surface area contributed by atoms with Gasteiger partial charge < -0.3 is 9.64 Å². The molecule has 3 aromatic rings. The number of aryl methyl sites for hydroxylation is 1. The zero-order valence-corrected chi connectivity index (χ0v) is 19.2. The molecule has 1 N–H and O–H groups in total. The molecule has 0 aliphatic heterocycles. The molecule has 0 saturated heterocycles. The molecule has 0 saturated carbocycles. The number of benzene rings is 2. The second kappa shape index (κ2) is 10.3. The predicted octanol–water partition coefficient (Wildman–Crippen LogP) is 3.44. The molecule has 0 aliphatic carbocycles. The van der Waals surface area contributed by atoms with Crippen LogP contribution in [0.15, 0.2) is 60.0 Å². The number of nitrogens with one attached hydrogen (secondary N) is 1. The van der Waals surface area contributed by atoms with E-state index in [1.165, 1.54) is 10.9 Å². The third-order valence-electron chi connectivity index (χ3n) is 4.99. The lowest BCUT2D eigenvalue weighted by Crippen LogP contribution is -2.22. The molecule has 9 nitrogen and oxygen atoms in total. The number of carbonyl (C=O) groups is 1. The van der Waals surface area contributed by atoms with Gasteiger partial charge in [-0.3, -0.25) is 9.88 Å². The number of ether oxygens (including phenoxy) is 1. The quantitative estimate of drug-likeness (QED) is 0.524. The molecule has 10 heteroatoms. The van der Waals surface area contributed by atoms with Gasteiger partial charge in [-0.25, -0.2) is 13.2 Å². The SMILES string of the molecule is CCN(CC)c1ccc(NC(=O)OCCS(=O)(=O)c2nncn2-c2ccccc2)c(C)c1. The van der Waals surface area contributed by atoms with E-state index >= 15 is 0 Å². The van der Waals surface area contributed by atoms with Crippen LogP contribution in [0.1, 0.15) is 19.4 Å². The van der Waals surface area contributed by atoms with Crippen LogP contribution in [0.25, 0.3) is 5.69 Å². The summed E-state index contributed by atoms with van der Waals surface area (Å²) in [6, 6.07) is 14.6. The lowest BCUT2D eigenvalue weighted by Gasteiger charge is -2.22. The lowest BCUT2D eigenvalue weighted by molar-refractivity contribution is 0.168. The van der Waals surface area contributed by atoms with Crippen LogP contribution < -0.4 is 10.2 Å². The van der Waals surface area contributed by atoms with E-state index in [1.807, 2.05) is 31.2 Å². The number of nitrogens with zero attached hydrogens (tertiary/aromatic N) is 4. The van der Waals surface area contributed by atoms with E-state index in [9.17, 15) is 13.2 Å². The van der Waals surface area contributed by atoms with Crippen molar-refractivity contribution in [2.75, 3.05) is 35.7 Å². The lowest BCUT2D eigenvalue weighted by atomic mass is 10.1. The van der Waals surface area contributed by atoms with Crippen LogP contribution in [0.5, 0.6) is 0 Å². The van der Waals surface area contributed by atoms with Gasteiger partial charge >= 0.3 is 6.09 Å². The Morgan fingerprint density at radius 3 is 2.50 bits per heavy atom. The summed E-state index contributed by atoms with van der Waals surface area (Å²) >= 11 is 0. The summed E-state index contributed by atoms with van der Waals surface area (Å²) in [5.41, 5.74) is 3.19. The molecule has 1 heterocycles. The maximum Gasteiger partial charge on any atom is 0.411 e.